The van der Waals surface area contributed by atoms with E-state index in [0.29, 0.717) is 28.2 Å². The van der Waals surface area contributed by atoms with Gasteiger partial charge in [-0.2, -0.15) is 0 Å². The Hall–Kier alpha value is -6.30. The summed E-state index contributed by atoms with van der Waals surface area (Å²) in [5, 5.41) is 12.5. The average Bonchev–Trinajstić information content (AvgIpc) is 4.03. The number of benzene rings is 5. The lowest BCUT2D eigenvalue weighted by Gasteiger charge is -2.49. The third-order valence-electron chi connectivity index (χ3n) is 11.8. The fourth-order valence-electron chi connectivity index (χ4n) is 8.27. The number of aromatic nitrogens is 1. The molecule has 2 N–H and O–H groups in total. The molecule has 1 saturated carbocycles. The summed E-state index contributed by atoms with van der Waals surface area (Å²) in [4.78, 5) is 69.1. The number of anilines is 1. The smallest absolute Gasteiger partial charge is 0.356 e. The Morgan fingerprint density at radius 2 is 1.32 bits per heavy atom. The number of ether oxygens (including phenoxy) is 2. The van der Waals surface area contributed by atoms with Gasteiger partial charge in [-0.05, 0) is 54.2 Å². The zero-order valence-electron chi connectivity index (χ0n) is 37.5. The SMILES string of the molecule is CC(C)(C)OC(=O)C1(ON=C(C(=O)N[C@@H]2C(=O)N3C(C(=O)OC(c4ccccc4)c4ccccc4)=C(CI)CS[C@@H]23)c2csc(NC(c3ccccc3)(c3ccccc3)c3ccccc3)n2)CC1. The minimum absolute atomic E-state index is 0.155. The van der Waals surface area contributed by atoms with Gasteiger partial charge in [0, 0.05) is 28.4 Å². The zero-order valence-corrected chi connectivity index (χ0v) is 41.3. The number of oxime groups is 1. The molecule has 12 nitrogen and oxygen atoms in total. The van der Waals surface area contributed by atoms with E-state index in [4.69, 9.17) is 19.3 Å². The summed E-state index contributed by atoms with van der Waals surface area (Å²) in [5.74, 6) is -2.01. The van der Waals surface area contributed by atoms with Gasteiger partial charge in [-0.25, -0.2) is 14.6 Å². The fraction of sp³-hybridized carbons (Fsp3) is 0.245. The van der Waals surface area contributed by atoms with Gasteiger partial charge >= 0.3 is 11.9 Å². The molecule has 2 atom stereocenters. The highest BCUT2D eigenvalue weighted by atomic mass is 127. The van der Waals surface area contributed by atoms with Crippen LogP contribution in [0.4, 0.5) is 5.13 Å². The van der Waals surface area contributed by atoms with Crippen LogP contribution in [0.5, 0.6) is 0 Å². The molecule has 5 aromatic carbocycles. The standard InChI is InChI=1S/C53H48IN5O7S2/c1-51(2,3)65-49(63)52(29-30-52)66-58-41(40-33-68-50(55-40)57-53(37-23-13-6-14-24-37,38-25-15-7-16-26-38)39-27-17-8-18-28-39)45(60)56-42-46(61)59-43(36(31-54)32-67-47(42)59)48(62)64-44(34-19-9-4-10-20-34)35-21-11-5-12-22-35/h4-28,33,42,44,47H,29-32H2,1-3H3,(H,55,57)(H,56,60)/t42-,47+/m1/s1. The van der Waals surface area contributed by atoms with E-state index < -0.39 is 58.0 Å². The molecule has 68 heavy (non-hydrogen) atoms. The lowest BCUT2D eigenvalue weighted by Crippen LogP contribution is -2.71. The summed E-state index contributed by atoms with van der Waals surface area (Å²) in [6.07, 6.45) is -0.0448. The Morgan fingerprint density at radius 3 is 1.81 bits per heavy atom. The molecule has 9 rings (SSSR count). The highest BCUT2D eigenvalue weighted by Gasteiger charge is 2.57. The van der Waals surface area contributed by atoms with Crippen LogP contribution >= 0.6 is 45.7 Å². The number of amides is 2. The first-order valence-corrected chi connectivity index (χ1v) is 25.6. The summed E-state index contributed by atoms with van der Waals surface area (Å²) in [5.41, 5.74) is 2.18. The van der Waals surface area contributed by atoms with Crippen LogP contribution in [-0.2, 0) is 39.0 Å². The number of carbonyl (C=O) groups is 4. The van der Waals surface area contributed by atoms with Crippen molar-refractivity contribution < 1.29 is 33.5 Å². The predicted molar refractivity (Wildman–Crippen MR) is 272 cm³/mol. The van der Waals surface area contributed by atoms with Gasteiger partial charge in [-0.1, -0.05) is 179 Å². The second-order valence-electron chi connectivity index (χ2n) is 17.6. The van der Waals surface area contributed by atoms with Crippen LogP contribution < -0.4 is 10.6 Å². The molecular weight excluding hydrogens is 1010 g/mol. The van der Waals surface area contributed by atoms with Crippen molar-refractivity contribution in [1.82, 2.24) is 15.2 Å². The molecule has 3 aliphatic rings. The van der Waals surface area contributed by atoms with Gasteiger partial charge in [-0.15, -0.1) is 23.1 Å². The Balaban J connectivity index is 1.02. The van der Waals surface area contributed by atoms with Gasteiger partial charge in [0.1, 0.15) is 33.9 Å². The maximum absolute atomic E-state index is 14.7. The first-order chi connectivity index (χ1) is 32.9. The number of fused-ring (bicyclic) bond motifs is 1. The third kappa shape index (κ3) is 9.56. The Bertz CT molecular complexity index is 2720. The molecule has 2 amide bonds. The van der Waals surface area contributed by atoms with Crippen LogP contribution in [0.15, 0.2) is 173 Å². The Labute approximate surface area is 416 Å². The number of carbonyl (C=O) groups excluding carboxylic acids is 4. The number of rotatable bonds is 16. The summed E-state index contributed by atoms with van der Waals surface area (Å²) in [7, 11) is 0. The van der Waals surface area contributed by atoms with E-state index in [1.165, 1.54) is 28.0 Å². The van der Waals surface area contributed by atoms with E-state index in [0.717, 1.165) is 33.4 Å². The number of β-lactam (4-membered cyclic amide) rings is 1. The van der Waals surface area contributed by atoms with Crippen LogP contribution in [0, 0.1) is 0 Å². The fourth-order valence-corrected chi connectivity index (χ4v) is 11.4. The number of nitrogens with one attached hydrogen (secondary N) is 2. The molecule has 1 aromatic heterocycles. The van der Waals surface area contributed by atoms with Crippen molar-refractivity contribution in [2.45, 2.75) is 67.9 Å². The zero-order chi connectivity index (χ0) is 47.5. The Morgan fingerprint density at radius 1 is 0.809 bits per heavy atom. The summed E-state index contributed by atoms with van der Waals surface area (Å²) < 4.78 is 12.4. The van der Waals surface area contributed by atoms with Gasteiger partial charge in [0.25, 0.3) is 11.8 Å². The molecule has 346 valence electrons. The van der Waals surface area contributed by atoms with Gasteiger partial charge in [-0.3, -0.25) is 14.5 Å². The molecule has 2 fully saturated rings. The number of esters is 2. The van der Waals surface area contributed by atoms with Crippen LogP contribution in [0.3, 0.4) is 0 Å². The molecular formula is C53H48IN5O7S2. The molecule has 0 radical (unpaired) electrons. The predicted octanol–water partition coefficient (Wildman–Crippen LogP) is 9.56. The van der Waals surface area contributed by atoms with Crippen molar-refractivity contribution in [3.8, 4) is 0 Å². The van der Waals surface area contributed by atoms with Gasteiger partial charge in [0.05, 0.1) is 0 Å². The van der Waals surface area contributed by atoms with Crippen LogP contribution in [0.1, 0.15) is 73.2 Å². The van der Waals surface area contributed by atoms with Crippen LogP contribution in [0.2, 0.25) is 0 Å². The summed E-state index contributed by atoms with van der Waals surface area (Å²) in [6.45, 7) is 5.30. The molecule has 6 aromatic rings. The topological polar surface area (TPSA) is 149 Å². The monoisotopic (exact) mass is 1060 g/mol. The van der Waals surface area contributed by atoms with Crippen molar-refractivity contribution in [2.24, 2.45) is 5.16 Å². The second-order valence-corrected chi connectivity index (χ2v) is 20.3. The number of thioether (sulfide) groups is 1. The van der Waals surface area contributed by atoms with Crippen molar-refractivity contribution in [3.05, 3.63) is 202 Å². The Kier molecular flexibility index (Phi) is 13.6. The van der Waals surface area contributed by atoms with Crippen molar-refractivity contribution in [2.75, 3.05) is 15.5 Å². The maximum atomic E-state index is 14.7. The van der Waals surface area contributed by atoms with E-state index >= 15 is 0 Å². The lowest BCUT2D eigenvalue weighted by atomic mass is 9.77. The second kappa shape index (κ2) is 19.7. The van der Waals surface area contributed by atoms with E-state index in [1.807, 2.05) is 115 Å². The highest BCUT2D eigenvalue weighted by molar-refractivity contribution is 14.1. The molecule has 1 aliphatic carbocycles. The normalized spacial score (nSPS) is 17.7. The van der Waals surface area contributed by atoms with Crippen molar-refractivity contribution >= 4 is 80.3 Å². The molecule has 0 spiro atoms. The first-order valence-electron chi connectivity index (χ1n) is 22.2. The maximum Gasteiger partial charge on any atom is 0.356 e. The number of alkyl halides is 1. The van der Waals surface area contributed by atoms with Gasteiger partial charge < -0.3 is 24.9 Å². The summed E-state index contributed by atoms with van der Waals surface area (Å²) >= 11 is 4.90. The molecule has 3 heterocycles. The average molecular weight is 1060 g/mol. The molecule has 15 heteroatoms. The van der Waals surface area contributed by atoms with Gasteiger partial charge in [0.15, 0.2) is 16.9 Å². The van der Waals surface area contributed by atoms with Crippen LogP contribution in [-0.4, -0.2) is 72.1 Å². The quantitative estimate of drug-likeness (QED) is 0.0183. The number of thiazole rings is 1. The number of hydrogen-bond donors (Lipinski definition) is 2. The number of hydrogen-bond acceptors (Lipinski definition) is 12. The molecule has 1 saturated heterocycles. The van der Waals surface area contributed by atoms with E-state index in [2.05, 4.69) is 74.8 Å². The molecule has 2 aliphatic heterocycles. The lowest BCUT2D eigenvalue weighted by molar-refractivity contribution is -0.172. The van der Waals surface area contributed by atoms with Crippen molar-refractivity contribution in [3.63, 3.8) is 0 Å². The van der Waals surface area contributed by atoms with Gasteiger partial charge in [0.2, 0.25) is 5.60 Å². The molecule has 0 unspecified atom stereocenters. The van der Waals surface area contributed by atoms with Crippen molar-refractivity contribution in [1.29, 1.82) is 0 Å². The number of nitrogens with zero attached hydrogens (tertiary/aromatic N) is 3. The minimum Gasteiger partial charge on any atom is -0.457 e. The first kappa shape index (κ1) is 46.8. The summed E-state index contributed by atoms with van der Waals surface area (Å²) in [6, 6.07) is 48.0. The third-order valence-corrected chi connectivity index (χ3v) is 14.8. The van der Waals surface area contributed by atoms with E-state index in [9.17, 15) is 19.2 Å². The van der Waals surface area contributed by atoms with Crippen LogP contribution in [0.25, 0.3) is 0 Å². The molecule has 0 bridgehead atoms. The van der Waals surface area contributed by atoms with E-state index in [1.54, 1.807) is 26.2 Å². The highest BCUT2D eigenvalue weighted by Crippen LogP contribution is 2.45. The van der Waals surface area contributed by atoms with E-state index in [-0.39, 0.29) is 17.1 Å². The minimum atomic E-state index is -1.38. The largest absolute Gasteiger partial charge is 0.457 e. The number of halogens is 1.